The molecule has 1 atom stereocenters. The molecule has 0 amide bonds. The fraction of sp³-hybridized carbons (Fsp3) is 1.00. The van der Waals surface area contributed by atoms with Crippen LogP contribution >= 0.6 is 0 Å². The number of piperidine rings is 2. The predicted octanol–water partition coefficient (Wildman–Crippen LogP) is 0.439. The van der Waals surface area contributed by atoms with Gasteiger partial charge in [-0.15, -0.1) is 0 Å². The molecule has 0 radical (unpaired) electrons. The number of hydrogen-bond acceptors (Lipinski definition) is 4. The highest BCUT2D eigenvalue weighted by Crippen LogP contribution is 2.12. The third kappa shape index (κ3) is 3.20. The lowest BCUT2D eigenvalue weighted by Crippen LogP contribution is -2.38. The molecular formula is C10H20N2O2. The first kappa shape index (κ1) is 10.4. The van der Waals surface area contributed by atoms with E-state index in [4.69, 9.17) is 9.78 Å². The van der Waals surface area contributed by atoms with Crippen LogP contribution in [0, 0.1) is 0 Å². The fourth-order valence-electron chi connectivity index (χ4n) is 1.95. The van der Waals surface area contributed by atoms with E-state index in [2.05, 4.69) is 10.6 Å². The van der Waals surface area contributed by atoms with Gasteiger partial charge in [0.1, 0.15) is 6.10 Å². The van der Waals surface area contributed by atoms with E-state index >= 15 is 0 Å². The zero-order valence-electron chi connectivity index (χ0n) is 8.63. The normalized spacial score (nSPS) is 30.4. The Morgan fingerprint density at radius 3 is 2.29 bits per heavy atom. The van der Waals surface area contributed by atoms with Gasteiger partial charge in [-0.25, -0.2) is 9.78 Å². The summed E-state index contributed by atoms with van der Waals surface area (Å²) in [5.41, 5.74) is 0. The molecule has 2 aliphatic rings. The highest BCUT2D eigenvalue weighted by Gasteiger charge is 2.19. The molecule has 0 aliphatic carbocycles. The van der Waals surface area contributed by atoms with Crippen LogP contribution in [0.5, 0.6) is 0 Å². The van der Waals surface area contributed by atoms with Crippen molar-refractivity contribution in [3.8, 4) is 0 Å². The van der Waals surface area contributed by atoms with Gasteiger partial charge in [0.2, 0.25) is 0 Å². The lowest BCUT2D eigenvalue weighted by Gasteiger charge is -2.26. The first-order valence-electron chi connectivity index (χ1n) is 5.69. The van der Waals surface area contributed by atoms with Crippen LogP contribution in [0.2, 0.25) is 0 Å². The highest BCUT2D eigenvalue weighted by molar-refractivity contribution is 4.69. The average molecular weight is 200 g/mol. The van der Waals surface area contributed by atoms with Gasteiger partial charge in [-0.3, -0.25) is 0 Å². The van der Waals surface area contributed by atoms with Crippen molar-refractivity contribution < 1.29 is 9.78 Å². The maximum absolute atomic E-state index is 5.44. The monoisotopic (exact) mass is 200 g/mol. The van der Waals surface area contributed by atoms with Gasteiger partial charge in [0.15, 0.2) is 0 Å². The SMILES string of the molecule is C1CNCC(OOC2CCNCC2)C1. The molecule has 1 unspecified atom stereocenters. The number of nitrogens with one attached hydrogen (secondary N) is 2. The molecule has 2 N–H and O–H groups in total. The standard InChI is InChI=1S/C10H20N2O2/c1-2-10(8-12-5-1)14-13-9-3-6-11-7-4-9/h9-12H,1-8H2. The minimum absolute atomic E-state index is 0.263. The second kappa shape index (κ2) is 5.66. The third-order valence-electron chi connectivity index (χ3n) is 2.87. The smallest absolute Gasteiger partial charge is 0.105 e. The fourth-order valence-corrected chi connectivity index (χ4v) is 1.95. The Morgan fingerprint density at radius 2 is 1.57 bits per heavy atom. The van der Waals surface area contributed by atoms with Crippen LogP contribution < -0.4 is 10.6 Å². The van der Waals surface area contributed by atoms with E-state index in [9.17, 15) is 0 Å². The molecule has 14 heavy (non-hydrogen) atoms. The van der Waals surface area contributed by atoms with E-state index in [-0.39, 0.29) is 6.10 Å². The minimum Gasteiger partial charge on any atom is -0.317 e. The molecule has 2 rings (SSSR count). The van der Waals surface area contributed by atoms with Gasteiger partial charge >= 0.3 is 0 Å². The molecule has 4 nitrogen and oxygen atoms in total. The minimum atomic E-state index is 0.263. The van der Waals surface area contributed by atoms with Gasteiger partial charge in [-0.05, 0) is 45.3 Å². The lowest BCUT2D eigenvalue weighted by molar-refractivity contribution is -0.354. The molecule has 4 heteroatoms. The molecular weight excluding hydrogens is 180 g/mol. The molecule has 2 aliphatic heterocycles. The van der Waals surface area contributed by atoms with E-state index in [1.165, 1.54) is 6.42 Å². The second-order valence-corrected chi connectivity index (χ2v) is 4.11. The summed E-state index contributed by atoms with van der Waals surface area (Å²) >= 11 is 0. The molecule has 2 heterocycles. The first-order chi connectivity index (χ1) is 6.95. The number of rotatable bonds is 3. The van der Waals surface area contributed by atoms with Gasteiger partial charge in [0.05, 0.1) is 6.10 Å². The summed E-state index contributed by atoms with van der Waals surface area (Å²) in [6.45, 7) is 4.16. The summed E-state index contributed by atoms with van der Waals surface area (Å²) in [5, 5.41) is 6.61. The summed E-state index contributed by atoms with van der Waals surface area (Å²) in [4.78, 5) is 10.9. The summed E-state index contributed by atoms with van der Waals surface area (Å²) in [6, 6.07) is 0. The van der Waals surface area contributed by atoms with Crippen LogP contribution in [0.1, 0.15) is 25.7 Å². The molecule has 2 saturated heterocycles. The predicted molar refractivity (Wildman–Crippen MR) is 54.0 cm³/mol. The van der Waals surface area contributed by atoms with Crippen LogP contribution in [0.4, 0.5) is 0 Å². The molecule has 0 bridgehead atoms. The van der Waals surface area contributed by atoms with Crippen molar-refractivity contribution in [1.82, 2.24) is 10.6 Å². The van der Waals surface area contributed by atoms with E-state index in [0.717, 1.165) is 45.4 Å². The zero-order chi connectivity index (χ0) is 9.64. The van der Waals surface area contributed by atoms with Crippen molar-refractivity contribution in [3.63, 3.8) is 0 Å². The molecule has 0 aromatic heterocycles. The van der Waals surface area contributed by atoms with Crippen LogP contribution in [-0.2, 0) is 9.78 Å². The van der Waals surface area contributed by atoms with Crippen molar-refractivity contribution in [2.24, 2.45) is 0 Å². The topological polar surface area (TPSA) is 42.5 Å². The van der Waals surface area contributed by atoms with Crippen LogP contribution in [0.15, 0.2) is 0 Å². The van der Waals surface area contributed by atoms with Gasteiger partial charge < -0.3 is 10.6 Å². The highest BCUT2D eigenvalue weighted by atomic mass is 17.2. The summed E-state index contributed by atoms with van der Waals surface area (Å²) in [5.74, 6) is 0. The Bertz CT molecular complexity index is 136. The molecule has 0 aromatic carbocycles. The van der Waals surface area contributed by atoms with Gasteiger partial charge in [0.25, 0.3) is 0 Å². The van der Waals surface area contributed by atoms with Crippen molar-refractivity contribution in [1.29, 1.82) is 0 Å². The van der Waals surface area contributed by atoms with Crippen LogP contribution in [0.25, 0.3) is 0 Å². The van der Waals surface area contributed by atoms with Crippen LogP contribution in [0.3, 0.4) is 0 Å². The Balaban J connectivity index is 1.60. The van der Waals surface area contributed by atoms with E-state index in [1.807, 2.05) is 0 Å². The Hall–Kier alpha value is -0.160. The molecule has 2 fully saturated rings. The van der Waals surface area contributed by atoms with Gasteiger partial charge in [0, 0.05) is 6.54 Å². The summed E-state index contributed by atoms with van der Waals surface area (Å²) in [6.07, 6.45) is 5.02. The van der Waals surface area contributed by atoms with Crippen molar-refractivity contribution in [2.45, 2.75) is 37.9 Å². The molecule has 0 saturated carbocycles. The quantitative estimate of drug-likeness (QED) is 0.512. The Labute approximate surface area is 85.3 Å². The van der Waals surface area contributed by atoms with Crippen molar-refractivity contribution in [3.05, 3.63) is 0 Å². The van der Waals surface area contributed by atoms with Crippen molar-refractivity contribution >= 4 is 0 Å². The summed E-state index contributed by atoms with van der Waals surface area (Å²) in [7, 11) is 0. The largest absolute Gasteiger partial charge is 0.317 e. The van der Waals surface area contributed by atoms with Crippen molar-refractivity contribution in [2.75, 3.05) is 26.2 Å². The lowest BCUT2D eigenvalue weighted by atomic mass is 10.1. The Kier molecular flexibility index (Phi) is 4.19. The van der Waals surface area contributed by atoms with E-state index in [0.29, 0.717) is 6.10 Å². The van der Waals surface area contributed by atoms with E-state index in [1.54, 1.807) is 0 Å². The van der Waals surface area contributed by atoms with Crippen LogP contribution in [-0.4, -0.2) is 38.4 Å². The first-order valence-corrected chi connectivity index (χ1v) is 5.69. The molecule has 0 spiro atoms. The molecule has 0 aromatic rings. The van der Waals surface area contributed by atoms with Gasteiger partial charge in [-0.1, -0.05) is 0 Å². The van der Waals surface area contributed by atoms with Gasteiger partial charge in [-0.2, -0.15) is 0 Å². The zero-order valence-corrected chi connectivity index (χ0v) is 8.63. The summed E-state index contributed by atoms with van der Waals surface area (Å²) < 4.78 is 0. The Morgan fingerprint density at radius 1 is 0.786 bits per heavy atom. The maximum atomic E-state index is 5.44. The third-order valence-corrected chi connectivity index (χ3v) is 2.87. The van der Waals surface area contributed by atoms with E-state index < -0.39 is 0 Å². The maximum Gasteiger partial charge on any atom is 0.105 e. The second-order valence-electron chi connectivity index (χ2n) is 4.11. The molecule has 82 valence electrons. The number of hydrogen-bond donors (Lipinski definition) is 2. The average Bonchev–Trinajstić information content (AvgIpc) is 2.29.